The maximum atomic E-state index is 12.8. The Morgan fingerprint density at radius 3 is 1.37 bits per heavy atom. The Labute approximate surface area is 251 Å². The van der Waals surface area contributed by atoms with Crippen molar-refractivity contribution in [1.82, 2.24) is 5.32 Å². The first-order valence-electron chi connectivity index (χ1n) is 14.7. The molecule has 2 aliphatic rings. The molecule has 0 aromatic heterocycles. The average Bonchev–Trinajstić information content (AvgIpc) is 3.07. The zero-order valence-corrected chi connectivity index (χ0v) is 24.0. The van der Waals surface area contributed by atoms with Crippen LogP contribution in [0.4, 0.5) is 34.1 Å². The van der Waals surface area contributed by atoms with Gasteiger partial charge in [0, 0.05) is 84.5 Å². The Hall–Kier alpha value is -4.86. The Morgan fingerprint density at radius 2 is 0.930 bits per heavy atom. The summed E-state index contributed by atoms with van der Waals surface area (Å²) in [6.07, 6.45) is 0. The quantitative estimate of drug-likeness (QED) is 0.230. The molecular formula is C34H36N6O3. The molecular weight excluding hydrogens is 540 g/mol. The summed E-state index contributed by atoms with van der Waals surface area (Å²) in [5, 5.41) is 12.6. The molecule has 2 heterocycles. The molecule has 0 aliphatic carbocycles. The second-order valence-electron chi connectivity index (χ2n) is 10.6. The van der Waals surface area contributed by atoms with E-state index in [1.807, 2.05) is 97.1 Å². The van der Waals surface area contributed by atoms with Gasteiger partial charge in [-0.25, -0.2) is 0 Å². The average molecular weight is 577 g/mol. The van der Waals surface area contributed by atoms with E-state index in [1.54, 1.807) is 0 Å². The number of hydrogen-bond acceptors (Lipinski definition) is 7. The van der Waals surface area contributed by atoms with Gasteiger partial charge in [0.1, 0.15) is 0 Å². The van der Waals surface area contributed by atoms with Gasteiger partial charge in [0.25, 0.3) is 11.8 Å². The third-order valence-electron chi connectivity index (χ3n) is 7.69. The normalized spacial score (nSPS) is 15.1. The number of anilines is 6. The van der Waals surface area contributed by atoms with E-state index in [9.17, 15) is 9.59 Å². The first-order chi connectivity index (χ1) is 21.1. The van der Waals surface area contributed by atoms with Crippen molar-refractivity contribution in [2.24, 2.45) is 0 Å². The molecule has 2 aliphatic heterocycles. The van der Waals surface area contributed by atoms with Crippen molar-refractivity contribution in [3.05, 3.63) is 108 Å². The van der Waals surface area contributed by atoms with Crippen LogP contribution in [0.3, 0.4) is 0 Å². The molecule has 0 radical (unpaired) electrons. The fourth-order valence-electron chi connectivity index (χ4n) is 5.24. The number of piperazine rings is 1. The van der Waals surface area contributed by atoms with Gasteiger partial charge in [-0.2, -0.15) is 0 Å². The minimum atomic E-state index is -0.151. The van der Waals surface area contributed by atoms with Gasteiger partial charge in [-0.15, -0.1) is 0 Å². The molecule has 43 heavy (non-hydrogen) atoms. The highest BCUT2D eigenvalue weighted by Gasteiger charge is 2.14. The van der Waals surface area contributed by atoms with Crippen molar-refractivity contribution in [3.63, 3.8) is 0 Å². The van der Waals surface area contributed by atoms with Crippen LogP contribution in [0.25, 0.3) is 0 Å². The van der Waals surface area contributed by atoms with Gasteiger partial charge in [0.15, 0.2) is 0 Å². The summed E-state index contributed by atoms with van der Waals surface area (Å²) in [5.74, 6) is -0.291. The molecule has 0 saturated carbocycles. The van der Waals surface area contributed by atoms with Crippen LogP contribution in [0.2, 0.25) is 0 Å². The summed E-state index contributed by atoms with van der Waals surface area (Å²) in [6.45, 7) is 7.06. The number of morpholine rings is 1. The van der Waals surface area contributed by atoms with Crippen LogP contribution in [-0.4, -0.2) is 64.3 Å². The fourth-order valence-corrected chi connectivity index (χ4v) is 5.24. The largest absolute Gasteiger partial charge is 0.378 e. The highest BCUT2D eigenvalue weighted by Crippen LogP contribution is 2.23. The predicted molar refractivity (Wildman–Crippen MR) is 173 cm³/mol. The van der Waals surface area contributed by atoms with Crippen LogP contribution >= 0.6 is 0 Å². The molecule has 2 saturated heterocycles. The third-order valence-corrected chi connectivity index (χ3v) is 7.69. The van der Waals surface area contributed by atoms with E-state index in [2.05, 4.69) is 31.1 Å². The first kappa shape index (κ1) is 28.3. The third kappa shape index (κ3) is 7.32. The van der Waals surface area contributed by atoms with Gasteiger partial charge >= 0.3 is 0 Å². The lowest BCUT2D eigenvalue weighted by Gasteiger charge is -2.29. The second kappa shape index (κ2) is 13.4. The molecule has 9 heteroatoms. The molecule has 0 spiro atoms. The molecule has 2 fully saturated rings. The molecule has 2 amide bonds. The molecule has 0 bridgehead atoms. The minimum absolute atomic E-state index is 0.141. The highest BCUT2D eigenvalue weighted by atomic mass is 16.5. The van der Waals surface area contributed by atoms with Crippen molar-refractivity contribution in [2.45, 2.75) is 0 Å². The second-order valence-corrected chi connectivity index (χ2v) is 10.6. The van der Waals surface area contributed by atoms with Gasteiger partial charge in [-0.3, -0.25) is 9.59 Å². The standard InChI is InChI=1S/C34H36N6O3/c41-33(25-1-13-31(14-2-25)39-19-17-35-18-20-39)37-29-9-5-27(6-10-29)36-28-7-11-30(12-8-28)38-34(42)26-3-15-32(16-4-26)40-21-23-43-24-22-40/h1-16,35-36H,17-24H2,(H,37,41)(H,38,42). The maximum absolute atomic E-state index is 12.8. The Morgan fingerprint density at radius 1 is 0.535 bits per heavy atom. The lowest BCUT2D eigenvalue weighted by atomic mass is 10.1. The molecule has 4 N–H and O–H groups in total. The van der Waals surface area contributed by atoms with Crippen LogP contribution in [0, 0.1) is 0 Å². The van der Waals surface area contributed by atoms with Crippen LogP contribution in [0.5, 0.6) is 0 Å². The molecule has 4 aromatic carbocycles. The first-order valence-corrected chi connectivity index (χ1v) is 14.7. The van der Waals surface area contributed by atoms with E-state index < -0.39 is 0 Å². The maximum Gasteiger partial charge on any atom is 0.255 e. The number of amides is 2. The summed E-state index contributed by atoms with van der Waals surface area (Å²) in [4.78, 5) is 30.1. The zero-order chi connectivity index (χ0) is 29.4. The Kier molecular flexibility index (Phi) is 8.82. The Bertz CT molecular complexity index is 1390. The lowest BCUT2D eigenvalue weighted by molar-refractivity contribution is 0.101. The number of nitrogens with zero attached hydrogens (tertiary/aromatic N) is 2. The van der Waals surface area contributed by atoms with Crippen molar-refractivity contribution in [1.29, 1.82) is 0 Å². The molecule has 6 rings (SSSR count). The number of ether oxygens (including phenoxy) is 1. The summed E-state index contributed by atoms with van der Waals surface area (Å²) in [6, 6.07) is 30.6. The van der Waals surface area contributed by atoms with Gasteiger partial charge in [0.05, 0.1) is 13.2 Å². The van der Waals surface area contributed by atoms with E-state index >= 15 is 0 Å². The predicted octanol–water partition coefficient (Wildman–Crippen LogP) is 5.18. The molecule has 4 aromatic rings. The minimum Gasteiger partial charge on any atom is -0.378 e. The van der Waals surface area contributed by atoms with Crippen molar-refractivity contribution >= 4 is 45.9 Å². The topological polar surface area (TPSA) is 98.0 Å². The van der Waals surface area contributed by atoms with Gasteiger partial charge in [-0.1, -0.05) is 0 Å². The van der Waals surface area contributed by atoms with Crippen LogP contribution < -0.4 is 31.1 Å². The lowest BCUT2D eigenvalue weighted by Crippen LogP contribution is -2.43. The summed E-state index contributed by atoms with van der Waals surface area (Å²) in [7, 11) is 0. The monoisotopic (exact) mass is 576 g/mol. The number of carbonyl (C=O) groups excluding carboxylic acids is 2. The van der Waals surface area contributed by atoms with E-state index in [0.29, 0.717) is 16.8 Å². The number of benzene rings is 4. The van der Waals surface area contributed by atoms with Gasteiger partial charge < -0.3 is 35.8 Å². The molecule has 220 valence electrons. The SMILES string of the molecule is O=C(Nc1ccc(Nc2ccc(NC(=O)c3ccc(N4CCOCC4)cc3)cc2)cc1)c1ccc(N2CCNCC2)cc1. The molecule has 9 nitrogen and oxygen atoms in total. The van der Waals surface area contributed by atoms with Crippen molar-refractivity contribution < 1.29 is 14.3 Å². The number of carbonyl (C=O) groups is 2. The fraction of sp³-hybridized carbons (Fsp3) is 0.235. The van der Waals surface area contributed by atoms with Gasteiger partial charge in [-0.05, 0) is 97.1 Å². The van der Waals surface area contributed by atoms with Crippen molar-refractivity contribution in [3.8, 4) is 0 Å². The summed E-state index contributed by atoms with van der Waals surface area (Å²) < 4.78 is 5.41. The smallest absolute Gasteiger partial charge is 0.255 e. The van der Waals surface area contributed by atoms with Gasteiger partial charge in [0.2, 0.25) is 0 Å². The van der Waals surface area contributed by atoms with E-state index in [-0.39, 0.29) is 11.8 Å². The van der Waals surface area contributed by atoms with Crippen LogP contribution in [0.1, 0.15) is 20.7 Å². The van der Waals surface area contributed by atoms with Crippen LogP contribution in [-0.2, 0) is 4.74 Å². The van der Waals surface area contributed by atoms with E-state index in [1.165, 1.54) is 0 Å². The van der Waals surface area contributed by atoms with Crippen LogP contribution in [0.15, 0.2) is 97.1 Å². The Balaban J connectivity index is 0.987. The van der Waals surface area contributed by atoms with Crippen molar-refractivity contribution in [2.75, 3.05) is 78.2 Å². The van der Waals surface area contributed by atoms with E-state index in [0.717, 1.165) is 80.9 Å². The number of rotatable bonds is 8. The number of nitrogens with one attached hydrogen (secondary N) is 4. The van der Waals surface area contributed by atoms with E-state index in [4.69, 9.17) is 4.74 Å². The summed E-state index contributed by atoms with van der Waals surface area (Å²) in [5.41, 5.74) is 6.67. The zero-order valence-electron chi connectivity index (χ0n) is 24.0. The molecule has 0 atom stereocenters. The molecule has 0 unspecified atom stereocenters. The number of hydrogen-bond donors (Lipinski definition) is 4. The highest BCUT2D eigenvalue weighted by molar-refractivity contribution is 6.05. The summed E-state index contributed by atoms with van der Waals surface area (Å²) >= 11 is 0.